The van der Waals surface area contributed by atoms with E-state index in [1.165, 1.54) is 10.9 Å². The van der Waals surface area contributed by atoms with E-state index in [-0.39, 0.29) is 0 Å². The summed E-state index contributed by atoms with van der Waals surface area (Å²) in [5.41, 5.74) is 1.03. The van der Waals surface area contributed by atoms with Crippen LogP contribution in [0.1, 0.15) is 11.3 Å². The number of hydrogen-bond acceptors (Lipinski definition) is 2. The molecule has 0 saturated carbocycles. The fourth-order valence-electron chi connectivity index (χ4n) is 2.12. The van der Waals surface area contributed by atoms with Gasteiger partial charge in [-0.15, -0.1) is 0 Å². The highest BCUT2D eigenvalue weighted by molar-refractivity contribution is 5.83. The average Bonchev–Trinajstić information content (AvgIpc) is 2.76. The predicted molar refractivity (Wildman–Crippen MR) is 68.6 cm³/mol. The van der Waals surface area contributed by atoms with Crippen LogP contribution in [0.25, 0.3) is 16.6 Å². The van der Waals surface area contributed by atoms with Gasteiger partial charge in [0.1, 0.15) is 0 Å². The molecule has 1 aromatic carbocycles. The second-order valence-corrected chi connectivity index (χ2v) is 4.44. The van der Waals surface area contributed by atoms with Crippen molar-refractivity contribution in [1.82, 2.24) is 14.8 Å². The fraction of sp³-hybridized carbons (Fsp3) is 0.143. The molecule has 0 aliphatic carbocycles. The molecule has 6 heteroatoms. The van der Waals surface area contributed by atoms with E-state index in [0.717, 1.165) is 28.9 Å². The maximum absolute atomic E-state index is 12.7. The summed E-state index contributed by atoms with van der Waals surface area (Å²) in [5.74, 6) is 0. The Morgan fingerprint density at radius 2 is 1.85 bits per heavy atom. The molecule has 0 unspecified atom stereocenters. The summed E-state index contributed by atoms with van der Waals surface area (Å²) in [6, 6.07) is 8.43. The van der Waals surface area contributed by atoms with Gasteiger partial charge in [-0.25, -0.2) is 4.68 Å². The SMILES string of the molecule is Cc1nn(-c2cncc(C(F)(F)F)c2)c2ccccc12. The minimum absolute atomic E-state index is 0.295. The maximum atomic E-state index is 12.7. The van der Waals surface area contributed by atoms with Gasteiger partial charge in [-0.2, -0.15) is 18.3 Å². The highest BCUT2D eigenvalue weighted by Gasteiger charge is 2.31. The first kappa shape index (κ1) is 12.7. The van der Waals surface area contributed by atoms with Crippen LogP contribution in [-0.4, -0.2) is 14.8 Å². The highest BCUT2D eigenvalue weighted by atomic mass is 19.4. The van der Waals surface area contributed by atoms with Crippen LogP contribution in [0.4, 0.5) is 13.2 Å². The monoisotopic (exact) mass is 277 g/mol. The maximum Gasteiger partial charge on any atom is 0.417 e. The number of benzene rings is 1. The number of nitrogens with zero attached hydrogens (tertiary/aromatic N) is 3. The Morgan fingerprint density at radius 3 is 2.60 bits per heavy atom. The molecule has 2 heterocycles. The Morgan fingerprint density at radius 1 is 1.10 bits per heavy atom. The third kappa shape index (κ3) is 2.03. The van der Waals surface area contributed by atoms with Gasteiger partial charge < -0.3 is 0 Å². The fourth-order valence-corrected chi connectivity index (χ4v) is 2.12. The lowest BCUT2D eigenvalue weighted by molar-refractivity contribution is -0.137. The number of hydrogen-bond donors (Lipinski definition) is 0. The first-order chi connectivity index (χ1) is 9.47. The van der Waals surface area contributed by atoms with Crippen LogP contribution >= 0.6 is 0 Å². The molecule has 0 N–H and O–H groups in total. The molecule has 0 spiro atoms. The molecular formula is C14H10F3N3. The zero-order valence-electron chi connectivity index (χ0n) is 10.5. The van der Waals surface area contributed by atoms with Crippen molar-refractivity contribution in [2.24, 2.45) is 0 Å². The van der Waals surface area contributed by atoms with E-state index in [2.05, 4.69) is 10.1 Å². The zero-order valence-corrected chi connectivity index (χ0v) is 10.5. The van der Waals surface area contributed by atoms with Crippen LogP contribution in [0.2, 0.25) is 0 Å². The van der Waals surface area contributed by atoms with E-state index >= 15 is 0 Å². The third-order valence-corrected chi connectivity index (χ3v) is 3.07. The van der Waals surface area contributed by atoms with Gasteiger partial charge in [-0.1, -0.05) is 18.2 Å². The molecule has 0 amide bonds. The number of halogens is 3. The van der Waals surface area contributed by atoms with Crippen LogP contribution in [0.15, 0.2) is 42.7 Å². The first-order valence-electron chi connectivity index (χ1n) is 5.94. The minimum Gasteiger partial charge on any atom is -0.262 e. The number of pyridine rings is 1. The quantitative estimate of drug-likeness (QED) is 0.678. The van der Waals surface area contributed by atoms with Crippen molar-refractivity contribution in [1.29, 1.82) is 0 Å². The van der Waals surface area contributed by atoms with Crippen LogP contribution < -0.4 is 0 Å². The van der Waals surface area contributed by atoms with Crippen molar-refractivity contribution in [2.75, 3.05) is 0 Å². The van der Waals surface area contributed by atoms with Gasteiger partial charge in [-0.3, -0.25) is 4.98 Å². The molecule has 102 valence electrons. The van der Waals surface area contributed by atoms with E-state index in [1.54, 1.807) is 0 Å². The molecule has 0 saturated heterocycles. The summed E-state index contributed by atoms with van der Waals surface area (Å²) in [6.45, 7) is 1.82. The summed E-state index contributed by atoms with van der Waals surface area (Å²) in [5, 5.41) is 5.20. The normalized spacial score (nSPS) is 12.0. The zero-order chi connectivity index (χ0) is 14.3. The average molecular weight is 277 g/mol. The lowest BCUT2D eigenvalue weighted by Gasteiger charge is -2.08. The van der Waals surface area contributed by atoms with E-state index in [0.29, 0.717) is 5.69 Å². The Hall–Kier alpha value is -2.37. The smallest absolute Gasteiger partial charge is 0.262 e. The summed E-state index contributed by atoms with van der Waals surface area (Å²) in [4.78, 5) is 3.66. The largest absolute Gasteiger partial charge is 0.417 e. The minimum atomic E-state index is -4.42. The van der Waals surface area contributed by atoms with Gasteiger partial charge >= 0.3 is 6.18 Å². The Bertz CT molecular complexity index is 775. The van der Waals surface area contributed by atoms with Gasteiger partial charge in [0.25, 0.3) is 0 Å². The molecule has 0 aliphatic rings. The topological polar surface area (TPSA) is 30.7 Å². The van der Waals surface area contributed by atoms with Crippen molar-refractivity contribution >= 4 is 10.9 Å². The van der Waals surface area contributed by atoms with Gasteiger partial charge in [-0.05, 0) is 19.1 Å². The van der Waals surface area contributed by atoms with Crippen molar-refractivity contribution in [3.63, 3.8) is 0 Å². The van der Waals surface area contributed by atoms with Gasteiger partial charge in [0.15, 0.2) is 0 Å². The standard InChI is InChI=1S/C14H10F3N3/c1-9-12-4-2-3-5-13(12)20(19-9)11-6-10(7-18-8-11)14(15,16)17/h2-8H,1H3. The molecule has 3 rings (SSSR count). The molecule has 20 heavy (non-hydrogen) atoms. The lowest BCUT2D eigenvalue weighted by Crippen LogP contribution is -2.07. The first-order valence-corrected chi connectivity index (χ1v) is 5.94. The number of fused-ring (bicyclic) bond motifs is 1. The number of alkyl halides is 3. The van der Waals surface area contributed by atoms with E-state index in [4.69, 9.17) is 0 Å². The van der Waals surface area contributed by atoms with E-state index in [9.17, 15) is 13.2 Å². The van der Waals surface area contributed by atoms with E-state index < -0.39 is 11.7 Å². The molecular weight excluding hydrogens is 267 g/mol. The second kappa shape index (κ2) is 4.33. The van der Waals surface area contributed by atoms with Crippen molar-refractivity contribution < 1.29 is 13.2 Å². The number of aromatic nitrogens is 3. The Balaban J connectivity index is 2.21. The van der Waals surface area contributed by atoms with Gasteiger partial charge in [0.2, 0.25) is 0 Å². The number of para-hydroxylation sites is 1. The van der Waals surface area contributed by atoms with Crippen molar-refractivity contribution in [3.05, 3.63) is 54.0 Å². The summed E-state index contributed by atoms with van der Waals surface area (Å²) in [7, 11) is 0. The third-order valence-electron chi connectivity index (χ3n) is 3.07. The van der Waals surface area contributed by atoms with Crippen LogP contribution in [0, 0.1) is 6.92 Å². The van der Waals surface area contributed by atoms with E-state index in [1.807, 2.05) is 31.2 Å². The molecule has 3 nitrogen and oxygen atoms in total. The van der Waals surface area contributed by atoms with Crippen molar-refractivity contribution in [3.8, 4) is 5.69 Å². The Labute approximate surface area is 112 Å². The van der Waals surface area contributed by atoms with Gasteiger partial charge in [0.05, 0.1) is 28.7 Å². The molecule has 0 bridgehead atoms. The van der Waals surface area contributed by atoms with Crippen molar-refractivity contribution in [2.45, 2.75) is 13.1 Å². The molecule has 0 radical (unpaired) electrons. The number of rotatable bonds is 1. The Kier molecular flexibility index (Phi) is 2.74. The summed E-state index contributed by atoms with van der Waals surface area (Å²) in [6.07, 6.45) is -2.24. The molecule has 3 aromatic rings. The molecule has 0 fully saturated rings. The van der Waals surface area contributed by atoms with Crippen LogP contribution in [-0.2, 0) is 6.18 Å². The van der Waals surface area contributed by atoms with Crippen LogP contribution in [0.5, 0.6) is 0 Å². The lowest BCUT2D eigenvalue weighted by atomic mass is 10.2. The molecule has 0 aliphatic heterocycles. The highest BCUT2D eigenvalue weighted by Crippen LogP contribution is 2.30. The second-order valence-electron chi connectivity index (χ2n) is 4.44. The number of aryl methyl sites for hydroxylation is 1. The molecule has 0 atom stereocenters. The van der Waals surface area contributed by atoms with Gasteiger partial charge in [0, 0.05) is 11.6 Å². The summed E-state index contributed by atoms with van der Waals surface area (Å²) < 4.78 is 39.7. The predicted octanol–water partition coefficient (Wildman–Crippen LogP) is 3.75. The molecule has 2 aromatic heterocycles. The van der Waals surface area contributed by atoms with Crippen LogP contribution in [0.3, 0.4) is 0 Å². The summed E-state index contributed by atoms with van der Waals surface area (Å²) >= 11 is 0.